The van der Waals surface area contributed by atoms with Gasteiger partial charge in [-0.3, -0.25) is 4.79 Å². The zero-order chi connectivity index (χ0) is 18.1. The van der Waals surface area contributed by atoms with Crippen LogP contribution in [0.5, 0.6) is 0 Å². The molecule has 1 aromatic rings. The van der Waals surface area contributed by atoms with Crippen LogP contribution in [-0.2, 0) is 14.8 Å². The monoisotopic (exact) mass is 472 g/mol. The molecule has 130 valence electrons. The van der Waals surface area contributed by atoms with Crippen molar-refractivity contribution in [2.45, 2.75) is 24.5 Å². The third-order valence-corrected chi connectivity index (χ3v) is 7.14. The summed E-state index contributed by atoms with van der Waals surface area (Å²) in [6.07, 6.45) is 1.62. The molecule has 10 heteroatoms. The van der Waals surface area contributed by atoms with Crippen molar-refractivity contribution >= 4 is 50.2 Å². The summed E-state index contributed by atoms with van der Waals surface area (Å²) in [5.41, 5.74) is 0.866. The minimum atomic E-state index is -3.42. The van der Waals surface area contributed by atoms with E-state index in [1.165, 1.54) is 9.21 Å². The number of halogens is 1. The maximum absolute atomic E-state index is 12.9. The summed E-state index contributed by atoms with van der Waals surface area (Å²) in [4.78, 5) is 28.3. The number of anilines is 1. The number of hydrogen-bond acceptors (Lipinski definition) is 5. The molecule has 0 aromatic heterocycles. The van der Waals surface area contributed by atoms with Crippen LogP contribution >= 0.6 is 22.6 Å². The fourth-order valence-corrected chi connectivity index (χ4v) is 5.72. The van der Waals surface area contributed by atoms with Gasteiger partial charge in [0.1, 0.15) is 12.1 Å². The van der Waals surface area contributed by atoms with Crippen LogP contribution in [0.3, 0.4) is 0 Å². The Morgan fingerprint density at radius 3 is 2.64 bits per heavy atom. The lowest BCUT2D eigenvalue weighted by molar-refractivity contribution is -0.120. The van der Waals surface area contributed by atoms with Gasteiger partial charge in [0.25, 0.3) is 5.91 Å². The van der Waals surface area contributed by atoms with Gasteiger partial charge < -0.3 is 4.90 Å². The molecular formula is C15H13IN4O4S. The summed E-state index contributed by atoms with van der Waals surface area (Å²) in [5.74, 6) is -0.411. The number of urea groups is 1. The average molecular weight is 472 g/mol. The number of carbonyl (C=O) groups excluding carboxylic acids is 2. The molecule has 0 unspecified atom stereocenters. The van der Waals surface area contributed by atoms with Gasteiger partial charge in [0, 0.05) is 16.2 Å². The first-order valence-corrected chi connectivity index (χ1v) is 10.5. The van der Waals surface area contributed by atoms with E-state index in [1.54, 1.807) is 18.2 Å². The summed E-state index contributed by atoms with van der Waals surface area (Å²) in [5, 5.41) is 9.02. The second-order valence-corrected chi connectivity index (χ2v) is 9.47. The van der Waals surface area contributed by atoms with Crippen molar-refractivity contribution in [3.05, 3.63) is 27.3 Å². The Labute approximate surface area is 158 Å². The highest BCUT2D eigenvalue weighted by Crippen LogP contribution is 2.43. The van der Waals surface area contributed by atoms with Crippen LogP contribution in [0.4, 0.5) is 10.5 Å². The number of benzene rings is 1. The normalized spacial score (nSPS) is 28.6. The van der Waals surface area contributed by atoms with Crippen LogP contribution in [0.15, 0.2) is 18.2 Å². The van der Waals surface area contributed by atoms with E-state index in [0.717, 1.165) is 11.2 Å². The molecule has 4 rings (SSSR count). The molecule has 3 aliphatic rings. The van der Waals surface area contributed by atoms with Gasteiger partial charge in [0.15, 0.2) is 0 Å². The van der Waals surface area contributed by atoms with E-state index in [1.807, 2.05) is 28.7 Å². The predicted octanol–water partition coefficient (Wildman–Crippen LogP) is 0.716. The van der Waals surface area contributed by atoms with Crippen LogP contribution in [0, 0.1) is 14.9 Å². The van der Waals surface area contributed by atoms with Crippen LogP contribution in [0.2, 0.25) is 0 Å². The van der Waals surface area contributed by atoms with Gasteiger partial charge in [0.2, 0.25) is 10.0 Å². The van der Waals surface area contributed by atoms with E-state index in [-0.39, 0.29) is 12.6 Å². The molecule has 2 bridgehead atoms. The Morgan fingerprint density at radius 1 is 1.32 bits per heavy atom. The number of hydrogen-bond donors (Lipinski definition) is 0. The van der Waals surface area contributed by atoms with Gasteiger partial charge in [-0.2, -0.15) is 9.57 Å². The zero-order valence-electron chi connectivity index (χ0n) is 13.1. The summed E-state index contributed by atoms with van der Waals surface area (Å²) in [6, 6.07) is 4.83. The minimum absolute atomic E-state index is 0.234. The maximum atomic E-state index is 12.9. The molecular weight excluding hydrogens is 459 g/mol. The van der Waals surface area contributed by atoms with Gasteiger partial charge in [-0.25, -0.2) is 18.1 Å². The van der Waals surface area contributed by atoms with Gasteiger partial charge >= 0.3 is 6.03 Å². The quantitative estimate of drug-likeness (QED) is 0.467. The number of amides is 3. The second-order valence-electron chi connectivity index (χ2n) is 6.37. The number of carbonyl (C=O) groups is 2. The Morgan fingerprint density at radius 2 is 2.04 bits per heavy atom. The Balaban J connectivity index is 1.71. The number of nitrogens with zero attached hydrogens (tertiary/aromatic N) is 4. The van der Waals surface area contributed by atoms with Crippen molar-refractivity contribution in [3.63, 3.8) is 0 Å². The number of rotatable bonds is 2. The minimum Gasteiger partial charge on any atom is -0.306 e. The Bertz CT molecular complexity index is 957. The van der Waals surface area contributed by atoms with E-state index in [9.17, 15) is 18.0 Å². The highest BCUT2D eigenvalue weighted by atomic mass is 127. The topological polar surface area (TPSA) is 102 Å². The van der Waals surface area contributed by atoms with Crippen LogP contribution in [0.1, 0.15) is 12.0 Å². The van der Waals surface area contributed by atoms with Gasteiger partial charge in [-0.15, -0.1) is 0 Å². The van der Waals surface area contributed by atoms with E-state index < -0.39 is 34.0 Å². The zero-order valence-corrected chi connectivity index (χ0v) is 16.1. The number of piperazine rings is 1. The van der Waals surface area contributed by atoms with Crippen molar-refractivity contribution in [2.75, 3.05) is 17.7 Å². The lowest BCUT2D eigenvalue weighted by Gasteiger charge is -2.33. The average Bonchev–Trinajstić information content (AvgIpc) is 3.18. The van der Waals surface area contributed by atoms with E-state index >= 15 is 0 Å². The van der Waals surface area contributed by atoms with E-state index in [0.29, 0.717) is 21.2 Å². The highest BCUT2D eigenvalue weighted by Gasteiger charge is 2.63. The number of nitriles is 1. The SMILES string of the molecule is CS(=O)(=O)N1C[C@@H]2C[C@H]1[C@@H]1C(=O)N(c3ccc(C#N)c(I)c3)C(=O)N21. The van der Waals surface area contributed by atoms with Crippen molar-refractivity contribution in [2.24, 2.45) is 0 Å². The predicted molar refractivity (Wildman–Crippen MR) is 96.1 cm³/mol. The van der Waals surface area contributed by atoms with Crippen molar-refractivity contribution < 1.29 is 18.0 Å². The molecule has 8 nitrogen and oxygen atoms in total. The van der Waals surface area contributed by atoms with Crippen molar-refractivity contribution in [1.29, 1.82) is 5.26 Å². The third-order valence-electron chi connectivity index (χ3n) is 4.97. The van der Waals surface area contributed by atoms with Crippen LogP contribution < -0.4 is 4.90 Å². The molecule has 3 heterocycles. The first-order chi connectivity index (χ1) is 11.7. The smallest absolute Gasteiger partial charge is 0.306 e. The second kappa shape index (κ2) is 5.39. The van der Waals surface area contributed by atoms with Gasteiger partial charge in [-0.1, -0.05) is 0 Å². The molecule has 3 aliphatic heterocycles. The van der Waals surface area contributed by atoms with E-state index in [2.05, 4.69) is 0 Å². The fraction of sp³-hybridized carbons (Fsp3) is 0.400. The number of sulfonamides is 1. The standard InChI is InChI=1S/C15H13IN4O4S/c1-25(23,24)18-7-10-5-12(18)13-14(21)20(15(22)19(10)13)9-3-2-8(6-17)11(16)4-9/h2-4,10,12-13H,5,7H2,1H3/t10-,12-,13+/m0/s1. The first kappa shape index (κ1) is 16.7. The van der Waals surface area contributed by atoms with Gasteiger partial charge in [-0.05, 0) is 47.2 Å². The fourth-order valence-electron chi connectivity index (χ4n) is 3.97. The first-order valence-electron chi connectivity index (χ1n) is 7.57. The summed E-state index contributed by atoms with van der Waals surface area (Å²) >= 11 is 1.98. The summed E-state index contributed by atoms with van der Waals surface area (Å²) < 4.78 is 25.8. The molecule has 0 radical (unpaired) electrons. The lowest BCUT2D eigenvalue weighted by Crippen LogP contribution is -2.54. The largest absolute Gasteiger partial charge is 0.332 e. The molecule has 1 aromatic carbocycles. The molecule has 0 N–H and O–H groups in total. The molecule has 3 atom stereocenters. The van der Waals surface area contributed by atoms with Crippen LogP contribution in [-0.4, -0.2) is 60.5 Å². The third kappa shape index (κ3) is 2.29. The molecule has 25 heavy (non-hydrogen) atoms. The molecule has 0 aliphatic carbocycles. The lowest BCUT2D eigenvalue weighted by atomic mass is 10.1. The number of fused-ring (bicyclic) bond motifs is 5. The summed E-state index contributed by atoms with van der Waals surface area (Å²) in [7, 11) is -3.42. The molecule has 0 spiro atoms. The molecule has 3 amide bonds. The van der Waals surface area contributed by atoms with E-state index in [4.69, 9.17) is 5.26 Å². The number of imide groups is 1. The molecule has 0 saturated carbocycles. The van der Waals surface area contributed by atoms with Crippen molar-refractivity contribution in [3.8, 4) is 6.07 Å². The van der Waals surface area contributed by atoms with Crippen LogP contribution in [0.25, 0.3) is 0 Å². The molecule has 3 fully saturated rings. The Hall–Kier alpha value is -1.71. The maximum Gasteiger partial charge on any atom is 0.332 e. The Kier molecular flexibility index (Phi) is 3.61. The van der Waals surface area contributed by atoms with Crippen molar-refractivity contribution in [1.82, 2.24) is 9.21 Å². The highest BCUT2D eigenvalue weighted by molar-refractivity contribution is 14.1. The van der Waals surface area contributed by atoms with Gasteiger partial charge in [0.05, 0.1) is 23.5 Å². The molecule has 3 saturated heterocycles. The summed E-state index contributed by atoms with van der Waals surface area (Å²) in [6.45, 7) is 0.234.